The molecule has 2 rings (SSSR count). The van der Waals surface area contributed by atoms with Gasteiger partial charge in [0.2, 0.25) is 5.91 Å². The third-order valence-corrected chi connectivity index (χ3v) is 3.79. The summed E-state index contributed by atoms with van der Waals surface area (Å²) in [5.74, 6) is -0.105. The van der Waals surface area contributed by atoms with Crippen molar-refractivity contribution in [3.63, 3.8) is 0 Å². The van der Waals surface area contributed by atoms with Crippen molar-refractivity contribution < 1.29 is 23.5 Å². The lowest BCUT2D eigenvalue weighted by Crippen LogP contribution is -2.27. The first-order valence-corrected chi connectivity index (χ1v) is 9.48. The van der Waals surface area contributed by atoms with Crippen molar-refractivity contribution in [2.45, 2.75) is 46.1 Å². The van der Waals surface area contributed by atoms with Crippen LogP contribution in [0.25, 0.3) is 0 Å². The van der Waals surface area contributed by atoms with Gasteiger partial charge in [0.25, 0.3) is 0 Å². The Kier molecular flexibility index (Phi) is 7.59. The van der Waals surface area contributed by atoms with Gasteiger partial charge >= 0.3 is 6.09 Å². The lowest BCUT2D eigenvalue weighted by Gasteiger charge is -2.20. The maximum Gasteiger partial charge on any atom is 0.412 e. The molecular weight excluding hydrogens is 375 g/mol. The second-order valence-electron chi connectivity index (χ2n) is 7.41. The Balaban J connectivity index is 2.04. The van der Waals surface area contributed by atoms with E-state index in [0.29, 0.717) is 13.0 Å². The second kappa shape index (κ2) is 9.91. The number of carbonyl (C=O) groups is 2. The Bertz CT molecular complexity index is 862. The minimum atomic E-state index is -0.690. The maximum atomic E-state index is 13.7. The average molecular weight is 402 g/mol. The number of halogens is 1. The number of hydrogen-bond donors (Lipinski definition) is 2. The molecule has 2 N–H and O–H groups in total. The van der Waals surface area contributed by atoms with E-state index >= 15 is 0 Å². The number of amides is 2. The molecule has 29 heavy (non-hydrogen) atoms. The quantitative estimate of drug-likeness (QED) is 0.672. The Labute approximate surface area is 170 Å². The summed E-state index contributed by atoms with van der Waals surface area (Å²) in [4.78, 5) is 24.4. The summed E-state index contributed by atoms with van der Waals surface area (Å²) in [5, 5.41) is 5.19. The van der Waals surface area contributed by atoms with E-state index in [0.717, 1.165) is 17.4 Å². The lowest BCUT2D eigenvalue weighted by atomic mass is 10.1. The molecule has 0 spiro atoms. The molecule has 0 aliphatic carbocycles. The van der Waals surface area contributed by atoms with Crippen LogP contribution >= 0.6 is 0 Å². The number of ether oxygens (including phenoxy) is 2. The number of nitrogens with one attached hydrogen (secondary N) is 2. The van der Waals surface area contributed by atoms with Crippen molar-refractivity contribution in [1.82, 2.24) is 0 Å². The second-order valence-corrected chi connectivity index (χ2v) is 7.41. The van der Waals surface area contributed by atoms with Gasteiger partial charge in [-0.2, -0.15) is 0 Å². The fourth-order valence-corrected chi connectivity index (χ4v) is 2.61. The number of rotatable bonds is 7. The van der Waals surface area contributed by atoms with Crippen molar-refractivity contribution in [2.75, 3.05) is 17.2 Å². The van der Waals surface area contributed by atoms with Gasteiger partial charge in [-0.15, -0.1) is 0 Å². The smallest absolute Gasteiger partial charge is 0.412 e. The van der Waals surface area contributed by atoms with Crippen LogP contribution in [0.15, 0.2) is 42.5 Å². The van der Waals surface area contributed by atoms with E-state index in [2.05, 4.69) is 10.6 Å². The number of benzene rings is 2. The van der Waals surface area contributed by atoms with Crippen molar-refractivity contribution in [1.29, 1.82) is 0 Å². The molecule has 2 aromatic carbocycles. The van der Waals surface area contributed by atoms with Gasteiger partial charge in [-0.05, 0) is 63.9 Å². The third kappa shape index (κ3) is 7.44. The normalized spacial score (nSPS) is 10.9. The molecule has 6 nitrogen and oxygen atoms in total. The monoisotopic (exact) mass is 402 g/mol. The molecule has 0 heterocycles. The number of para-hydroxylation sites is 1. The van der Waals surface area contributed by atoms with E-state index in [9.17, 15) is 14.0 Å². The topological polar surface area (TPSA) is 76.7 Å². The summed E-state index contributed by atoms with van der Waals surface area (Å²) in [5.41, 5.74) is 0.653. The number of hydrogen-bond acceptors (Lipinski definition) is 4. The van der Waals surface area contributed by atoms with E-state index < -0.39 is 17.5 Å². The van der Waals surface area contributed by atoms with Crippen LogP contribution in [0.4, 0.5) is 20.6 Å². The van der Waals surface area contributed by atoms with Crippen LogP contribution in [0.1, 0.15) is 39.7 Å². The lowest BCUT2D eigenvalue weighted by molar-refractivity contribution is -0.116. The maximum absolute atomic E-state index is 13.7. The molecule has 0 bridgehead atoms. The first-order chi connectivity index (χ1) is 13.7. The molecule has 0 aliphatic rings. The molecule has 0 atom stereocenters. The van der Waals surface area contributed by atoms with E-state index in [1.54, 1.807) is 20.8 Å². The van der Waals surface area contributed by atoms with Gasteiger partial charge in [0.05, 0.1) is 18.0 Å². The van der Waals surface area contributed by atoms with Gasteiger partial charge in [-0.25, -0.2) is 9.18 Å². The third-order valence-electron chi connectivity index (χ3n) is 3.79. The SMILES string of the molecule is CCOc1ccccc1CCC(=O)Nc1cc(F)ccc1NC(=O)OC(C)(C)C. The predicted octanol–water partition coefficient (Wildman–Crippen LogP) is 5.14. The zero-order valence-corrected chi connectivity index (χ0v) is 17.2. The largest absolute Gasteiger partial charge is 0.494 e. The average Bonchev–Trinajstić information content (AvgIpc) is 2.62. The van der Waals surface area contributed by atoms with Crippen molar-refractivity contribution >= 4 is 23.4 Å². The van der Waals surface area contributed by atoms with Gasteiger partial charge < -0.3 is 14.8 Å². The van der Waals surface area contributed by atoms with Gasteiger partial charge in [-0.1, -0.05) is 18.2 Å². The fraction of sp³-hybridized carbons (Fsp3) is 0.364. The summed E-state index contributed by atoms with van der Waals surface area (Å²) in [6.07, 6.45) is -0.0521. The van der Waals surface area contributed by atoms with Crippen LogP contribution in [-0.4, -0.2) is 24.2 Å². The molecule has 0 aromatic heterocycles. The number of aryl methyl sites for hydroxylation is 1. The zero-order valence-electron chi connectivity index (χ0n) is 17.2. The van der Waals surface area contributed by atoms with E-state index in [4.69, 9.17) is 9.47 Å². The molecule has 2 aromatic rings. The number of anilines is 2. The molecular formula is C22H27FN2O4. The first kappa shape index (κ1) is 22.2. The van der Waals surface area contributed by atoms with Crippen LogP contribution in [-0.2, 0) is 16.0 Å². The molecule has 0 fully saturated rings. The zero-order chi connectivity index (χ0) is 21.4. The summed E-state index contributed by atoms with van der Waals surface area (Å²) < 4.78 is 24.4. The van der Waals surface area contributed by atoms with Crippen molar-refractivity contribution in [2.24, 2.45) is 0 Å². The van der Waals surface area contributed by atoms with Crippen molar-refractivity contribution in [3.05, 3.63) is 53.8 Å². The van der Waals surface area contributed by atoms with Gasteiger partial charge in [-0.3, -0.25) is 10.1 Å². The van der Waals surface area contributed by atoms with Gasteiger partial charge in [0, 0.05) is 6.42 Å². The molecule has 0 saturated heterocycles. The van der Waals surface area contributed by atoms with Crippen LogP contribution < -0.4 is 15.4 Å². The van der Waals surface area contributed by atoms with E-state index in [1.807, 2.05) is 31.2 Å². The minimum Gasteiger partial charge on any atom is -0.494 e. The first-order valence-electron chi connectivity index (χ1n) is 9.48. The van der Waals surface area contributed by atoms with Crippen LogP contribution in [0, 0.1) is 5.82 Å². The van der Waals surface area contributed by atoms with Crippen LogP contribution in [0.2, 0.25) is 0 Å². The highest BCUT2D eigenvalue weighted by Gasteiger charge is 2.18. The Morgan fingerprint density at radius 1 is 1.03 bits per heavy atom. The molecule has 0 aliphatic heterocycles. The highest BCUT2D eigenvalue weighted by Crippen LogP contribution is 2.25. The molecule has 0 unspecified atom stereocenters. The standard InChI is InChI=1S/C22H27FN2O4/c1-5-28-19-9-7-6-8-15(19)10-13-20(26)24-18-14-16(23)11-12-17(18)25-21(27)29-22(2,3)4/h6-9,11-12,14H,5,10,13H2,1-4H3,(H,24,26)(H,25,27). The van der Waals surface area contributed by atoms with E-state index in [-0.39, 0.29) is 23.7 Å². The summed E-state index contributed by atoms with van der Waals surface area (Å²) in [6, 6.07) is 11.2. The molecule has 0 saturated carbocycles. The summed E-state index contributed by atoms with van der Waals surface area (Å²) >= 11 is 0. The predicted molar refractivity (Wildman–Crippen MR) is 111 cm³/mol. The highest BCUT2D eigenvalue weighted by molar-refractivity contribution is 5.97. The molecule has 156 valence electrons. The summed E-state index contributed by atoms with van der Waals surface area (Å²) in [6.45, 7) is 7.64. The van der Waals surface area contributed by atoms with Crippen LogP contribution in [0.3, 0.4) is 0 Å². The van der Waals surface area contributed by atoms with Gasteiger partial charge in [0.15, 0.2) is 0 Å². The highest BCUT2D eigenvalue weighted by atomic mass is 19.1. The van der Waals surface area contributed by atoms with Crippen molar-refractivity contribution in [3.8, 4) is 5.75 Å². The van der Waals surface area contributed by atoms with Gasteiger partial charge in [0.1, 0.15) is 17.2 Å². The summed E-state index contributed by atoms with van der Waals surface area (Å²) in [7, 11) is 0. The number of carbonyl (C=O) groups excluding carboxylic acids is 2. The Morgan fingerprint density at radius 2 is 1.76 bits per heavy atom. The van der Waals surface area contributed by atoms with Crippen LogP contribution in [0.5, 0.6) is 5.75 Å². The molecule has 7 heteroatoms. The Hall–Kier alpha value is -3.09. The molecule has 0 radical (unpaired) electrons. The minimum absolute atomic E-state index is 0.166. The fourth-order valence-electron chi connectivity index (χ4n) is 2.61. The van der Waals surface area contributed by atoms with E-state index in [1.165, 1.54) is 12.1 Å². The molecule has 2 amide bonds. The Morgan fingerprint density at radius 3 is 2.45 bits per heavy atom.